The van der Waals surface area contributed by atoms with Crippen LogP contribution < -0.4 is 9.80 Å². The van der Waals surface area contributed by atoms with Crippen LogP contribution in [-0.4, -0.2) is 0 Å². The van der Waals surface area contributed by atoms with Crippen LogP contribution in [0.5, 0.6) is 0 Å². The van der Waals surface area contributed by atoms with E-state index < -0.39 is 0 Å². The zero-order valence-electron chi connectivity index (χ0n) is 28.0. The highest BCUT2D eigenvalue weighted by atomic mass is 15.1. The van der Waals surface area contributed by atoms with Crippen LogP contribution in [0.4, 0.5) is 28.4 Å². The van der Waals surface area contributed by atoms with Gasteiger partial charge in [-0.3, -0.25) is 0 Å². The standard InChI is InChI=1S/C47H38N2/c1-47(2)45-33-36(24-23-35-25-28-41(29-26-35)48(37-15-7-3-8-16-37)38-17-9-4-10-18-38)27-31-43(45)44-32-30-42(34-46(44)47)49(39-19-11-5-12-20-39)40-21-13-6-14-22-40/h3-5,7-13,15-22,25-34H,6,14H2,1-2H3. The number of para-hydroxylation sites is 3. The molecule has 0 aromatic heterocycles. The SMILES string of the molecule is CC1(C)c2cc(C#Cc3ccc(N(c4ccccc4)c4ccccc4)cc3)ccc2-c2ccc(N(C3=CCCC=C3)c3ccccc3)cc21. The second-order valence-electron chi connectivity index (χ2n) is 13.2. The molecule has 236 valence electrons. The van der Waals surface area contributed by atoms with Gasteiger partial charge in [-0.2, -0.15) is 0 Å². The highest BCUT2D eigenvalue weighted by molar-refractivity contribution is 5.85. The monoisotopic (exact) mass is 630 g/mol. The number of rotatable bonds is 6. The second-order valence-corrected chi connectivity index (χ2v) is 13.2. The van der Waals surface area contributed by atoms with Crippen molar-refractivity contribution in [2.24, 2.45) is 0 Å². The van der Waals surface area contributed by atoms with E-state index in [1.165, 1.54) is 39.3 Å². The van der Waals surface area contributed by atoms with Crippen LogP contribution in [0, 0.1) is 11.8 Å². The predicted octanol–water partition coefficient (Wildman–Crippen LogP) is 12.2. The van der Waals surface area contributed by atoms with E-state index in [2.05, 4.69) is 205 Å². The molecule has 8 rings (SSSR count). The molecule has 0 amide bonds. The summed E-state index contributed by atoms with van der Waals surface area (Å²) in [6.45, 7) is 4.69. The summed E-state index contributed by atoms with van der Waals surface area (Å²) in [7, 11) is 0. The normalized spacial score (nSPS) is 13.8. The lowest BCUT2D eigenvalue weighted by Gasteiger charge is -2.29. The molecule has 0 spiro atoms. The fraction of sp³-hybridized carbons (Fsp3) is 0.106. The molecule has 0 N–H and O–H groups in total. The van der Waals surface area contributed by atoms with Crippen LogP contribution in [0.2, 0.25) is 0 Å². The molecule has 0 saturated carbocycles. The average molecular weight is 631 g/mol. The fourth-order valence-corrected chi connectivity index (χ4v) is 7.17. The Balaban J connectivity index is 1.08. The Labute approximate surface area is 290 Å². The van der Waals surface area contributed by atoms with E-state index in [9.17, 15) is 0 Å². The van der Waals surface area contributed by atoms with E-state index in [-0.39, 0.29) is 5.41 Å². The molecule has 0 saturated heterocycles. The topological polar surface area (TPSA) is 6.48 Å². The zero-order valence-corrected chi connectivity index (χ0v) is 28.0. The summed E-state index contributed by atoms with van der Waals surface area (Å²) in [4.78, 5) is 4.65. The Morgan fingerprint density at radius 1 is 0.469 bits per heavy atom. The van der Waals surface area contributed by atoms with Crippen molar-refractivity contribution in [2.45, 2.75) is 32.1 Å². The Kier molecular flexibility index (Phi) is 7.96. The Morgan fingerprint density at radius 3 is 1.55 bits per heavy atom. The van der Waals surface area contributed by atoms with Crippen molar-refractivity contribution in [2.75, 3.05) is 9.80 Å². The molecule has 0 heterocycles. The van der Waals surface area contributed by atoms with Crippen molar-refractivity contribution in [3.63, 3.8) is 0 Å². The highest BCUT2D eigenvalue weighted by Gasteiger charge is 2.36. The lowest BCUT2D eigenvalue weighted by atomic mass is 9.81. The van der Waals surface area contributed by atoms with Crippen LogP contribution >= 0.6 is 0 Å². The quantitative estimate of drug-likeness (QED) is 0.169. The van der Waals surface area contributed by atoms with Gasteiger partial charge in [0.25, 0.3) is 0 Å². The van der Waals surface area contributed by atoms with Gasteiger partial charge in [0.2, 0.25) is 0 Å². The van der Waals surface area contributed by atoms with Crippen molar-refractivity contribution in [1.29, 1.82) is 0 Å². The molecule has 49 heavy (non-hydrogen) atoms. The van der Waals surface area contributed by atoms with E-state index in [0.29, 0.717) is 0 Å². The van der Waals surface area contributed by atoms with Crippen molar-refractivity contribution in [3.8, 4) is 23.0 Å². The zero-order chi connectivity index (χ0) is 33.2. The van der Waals surface area contributed by atoms with Gasteiger partial charge in [-0.05, 0) is 126 Å². The van der Waals surface area contributed by atoms with Crippen molar-refractivity contribution < 1.29 is 0 Å². The van der Waals surface area contributed by atoms with E-state index in [1.807, 2.05) is 0 Å². The largest absolute Gasteiger partial charge is 0.311 e. The van der Waals surface area contributed by atoms with Crippen LogP contribution in [0.3, 0.4) is 0 Å². The van der Waals surface area contributed by atoms with E-state index >= 15 is 0 Å². The van der Waals surface area contributed by atoms with Gasteiger partial charge >= 0.3 is 0 Å². The highest BCUT2D eigenvalue weighted by Crippen LogP contribution is 2.50. The molecular weight excluding hydrogens is 593 g/mol. The summed E-state index contributed by atoms with van der Waals surface area (Å²) >= 11 is 0. The summed E-state index contributed by atoms with van der Waals surface area (Å²) in [5, 5.41) is 0. The summed E-state index contributed by atoms with van der Waals surface area (Å²) in [5.74, 6) is 6.91. The molecule has 0 bridgehead atoms. The molecule has 2 aliphatic carbocycles. The molecule has 6 aromatic carbocycles. The molecule has 0 unspecified atom stereocenters. The molecule has 0 aliphatic heterocycles. The van der Waals surface area contributed by atoms with Crippen molar-refractivity contribution in [3.05, 3.63) is 198 Å². The van der Waals surface area contributed by atoms with Gasteiger partial charge in [-0.1, -0.05) is 105 Å². The number of anilines is 5. The van der Waals surface area contributed by atoms with E-state index in [4.69, 9.17) is 0 Å². The van der Waals surface area contributed by atoms with Crippen LogP contribution in [-0.2, 0) is 5.41 Å². The smallest absolute Gasteiger partial charge is 0.0464 e. The van der Waals surface area contributed by atoms with Gasteiger partial charge in [0.05, 0.1) is 0 Å². The average Bonchev–Trinajstić information content (AvgIpc) is 3.38. The molecule has 2 aliphatic rings. The lowest BCUT2D eigenvalue weighted by Crippen LogP contribution is -2.19. The third kappa shape index (κ3) is 5.86. The number of benzene rings is 6. The third-order valence-corrected chi connectivity index (χ3v) is 9.67. The number of fused-ring (bicyclic) bond motifs is 3. The van der Waals surface area contributed by atoms with Crippen LogP contribution in [0.1, 0.15) is 48.9 Å². The first kappa shape index (κ1) is 30.3. The minimum atomic E-state index is -0.155. The molecule has 0 atom stereocenters. The summed E-state index contributed by atoms with van der Waals surface area (Å²) in [6.07, 6.45) is 9.03. The second kappa shape index (κ2) is 12.9. The molecule has 2 heteroatoms. The molecule has 2 nitrogen and oxygen atoms in total. The third-order valence-electron chi connectivity index (χ3n) is 9.67. The van der Waals surface area contributed by atoms with Crippen molar-refractivity contribution >= 4 is 28.4 Å². The Morgan fingerprint density at radius 2 is 0.959 bits per heavy atom. The van der Waals surface area contributed by atoms with E-state index in [1.54, 1.807) is 0 Å². The van der Waals surface area contributed by atoms with Gasteiger partial charge in [0.1, 0.15) is 0 Å². The maximum atomic E-state index is 3.47. The summed E-state index contributed by atoms with van der Waals surface area (Å²) in [6, 6.07) is 53.9. The van der Waals surface area contributed by atoms with Gasteiger partial charge in [-0.15, -0.1) is 0 Å². The van der Waals surface area contributed by atoms with Crippen LogP contribution in [0.15, 0.2) is 176 Å². The predicted molar refractivity (Wildman–Crippen MR) is 206 cm³/mol. The molecule has 0 fully saturated rings. The van der Waals surface area contributed by atoms with Gasteiger partial charge < -0.3 is 9.80 Å². The van der Waals surface area contributed by atoms with E-state index in [0.717, 1.165) is 41.0 Å². The molecule has 6 aromatic rings. The first-order valence-corrected chi connectivity index (χ1v) is 17.1. The molecule has 0 radical (unpaired) electrons. The van der Waals surface area contributed by atoms with Gasteiger partial charge in [-0.25, -0.2) is 0 Å². The number of allylic oxidation sites excluding steroid dienone is 3. The Hall–Kier alpha value is -6.04. The minimum absolute atomic E-state index is 0.155. The fourth-order valence-electron chi connectivity index (χ4n) is 7.17. The molecular formula is C47H38N2. The first-order chi connectivity index (χ1) is 24.1. The first-order valence-electron chi connectivity index (χ1n) is 17.1. The Bertz CT molecular complexity index is 2190. The van der Waals surface area contributed by atoms with Gasteiger partial charge in [0.15, 0.2) is 0 Å². The number of hydrogen-bond donors (Lipinski definition) is 0. The van der Waals surface area contributed by atoms with Crippen molar-refractivity contribution in [1.82, 2.24) is 0 Å². The minimum Gasteiger partial charge on any atom is -0.311 e. The van der Waals surface area contributed by atoms with Crippen LogP contribution in [0.25, 0.3) is 11.1 Å². The maximum absolute atomic E-state index is 3.47. The van der Waals surface area contributed by atoms with Gasteiger partial charge in [0, 0.05) is 50.7 Å². The summed E-state index contributed by atoms with van der Waals surface area (Å²) < 4.78 is 0. The maximum Gasteiger partial charge on any atom is 0.0464 e. The summed E-state index contributed by atoms with van der Waals surface area (Å²) in [5.41, 5.74) is 14.1. The number of nitrogens with zero attached hydrogens (tertiary/aromatic N) is 2. The number of hydrogen-bond acceptors (Lipinski definition) is 2. The lowest BCUT2D eigenvalue weighted by molar-refractivity contribution is 0.660.